The molecular formula is C21H24N4O4S. The predicted molar refractivity (Wildman–Crippen MR) is 113 cm³/mol. The van der Waals surface area contributed by atoms with Gasteiger partial charge in [-0.1, -0.05) is 11.8 Å². The standard InChI is InChI=1S/C21H24N4O4S/c1-24-20(18-7-5-11-29-18)22-23-21(24)30-13-19(26)25-10-4-6-16(25)15-12-14(27-2)8-9-17(15)28-3/h5,7-9,11-12,16H,4,6,10,13H2,1-3H3. The molecule has 4 rings (SSSR count). The molecule has 1 fully saturated rings. The van der Waals surface area contributed by atoms with Crippen molar-refractivity contribution in [1.29, 1.82) is 0 Å². The molecule has 0 saturated carbocycles. The third-order valence-corrected chi connectivity index (χ3v) is 6.28. The lowest BCUT2D eigenvalue weighted by Crippen LogP contribution is -2.32. The van der Waals surface area contributed by atoms with Crippen molar-refractivity contribution in [2.24, 2.45) is 7.05 Å². The largest absolute Gasteiger partial charge is 0.497 e. The number of carbonyl (C=O) groups excluding carboxylic acids is 1. The van der Waals surface area contributed by atoms with Crippen molar-refractivity contribution >= 4 is 17.7 Å². The number of aromatic nitrogens is 3. The van der Waals surface area contributed by atoms with Crippen molar-refractivity contribution in [3.05, 3.63) is 42.2 Å². The molecule has 3 heterocycles. The van der Waals surface area contributed by atoms with Crippen molar-refractivity contribution in [3.63, 3.8) is 0 Å². The minimum absolute atomic E-state index is 0.0265. The molecule has 1 aromatic carbocycles. The smallest absolute Gasteiger partial charge is 0.233 e. The zero-order valence-corrected chi connectivity index (χ0v) is 18.0. The highest BCUT2D eigenvalue weighted by atomic mass is 32.2. The normalized spacial score (nSPS) is 16.1. The van der Waals surface area contributed by atoms with Crippen LogP contribution >= 0.6 is 11.8 Å². The summed E-state index contributed by atoms with van der Waals surface area (Å²) in [6, 6.07) is 9.33. The van der Waals surface area contributed by atoms with E-state index in [1.165, 1.54) is 11.8 Å². The molecule has 158 valence electrons. The molecule has 1 unspecified atom stereocenters. The maximum Gasteiger partial charge on any atom is 0.233 e. The minimum Gasteiger partial charge on any atom is -0.497 e. The topological polar surface area (TPSA) is 82.6 Å². The Hall–Kier alpha value is -2.94. The van der Waals surface area contributed by atoms with Gasteiger partial charge in [0.25, 0.3) is 0 Å². The van der Waals surface area contributed by atoms with E-state index in [1.807, 2.05) is 40.8 Å². The highest BCUT2D eigenvalue weighted by Gasteiger charge is 2.32. The number of carbonyl (C=O) groups is 1. The molecule has 0 bridgehead atoms. The van der Waals surface area contributed by atoms with E-state index in [9.17, 15) is 4.79 Å². The van der Waals surface area contributed by atoms with Crippen LogP contribution in [0.1, 0.15) is 24.4 Å². The Balaban J connectivity index is 1.48. The number of thioether (sulfide) groups is 1. The van der Waals surface area contributed by atoms with Crippen LogP contribution in [0.4, 0.5) is 0 Å². The Morgan fingerprint density at radius 3 is 2.87 bits per heavy atom. The van der Waals surface area contributed by atoms with E-state index in [1.54, 1.807) is 26.5 Å². The van der Waals surface area contributed by atoms with E-state index in [-0.39, 0.29) is 17.7 Å². The SMILES string of the molecule is COc1ccc(OC)c(C2CCCN2C(=O)CSc2nnc(-c3ccco3)n2C)c1. The van der Waals surface area contributed by atoms with Crippen LogP contribution in [0.15, 0.2) is 46.2 Å². The first kappa shape index (κ1) is 20.3. The Bertz CT molecular complexity index is 1020. The van der Waals surface area contributed by atoms with Gasteiger partial charge in [0.2, 0.25) is 5.91 Å². The second kappa shape index (κ2) is 8.83. The molecule has 2 aromatic heterocycles. The average molecular weight is 429 g/mol. The van der Waals surface area contributed by atoms with Gasteiger partial charge in [0.15, 0.2) is 16.7 Å². The van der Waals surface area contributed by atoms with Gasteiger partial charge < -0.3 is 23.4 Å². The minimum atomic E-state index is -0.0265. The summed E-state index contributed by atoms with van der Waals surface area (Å²) in [6.45, 7) is 0.723. The monoisotopic (exact) mass is 428 g/mol. The predicted octanol–water partition coefficient (Wildman–Crippen LogP) is 3.55. The number of nitrogens with zero attached hydrogens (tertiary/aromatic N) is 4. The van der Waals surface area contributed by atoms with E-state index >= 15 is 0 Å². The number of amides is 1. The maximum absolute atomic E-state index is 13.1. The van der Waals surface area contributed by atoms with Gasteiger partial charge in [-0.15, -0.1) is 10.2 Å². The molecule has 9 heteroatoms. The number of hydrogen-bond acceptors (Lipinski definition) is 7. The van der Waals surface area contributed by atoms with Crippen LogP contribution in [0.3, 0.4) is 0 Å². The van der Waals surface area contributed by atoms with Crippen molar-refractivity contribution in [1.82, 2.24) is 19.7 Å². The summed E-state index contributed by atoms with van der Waals surface area (Å²) in [5.74, 6) is 3.15. The highest BCUT2D eigenvalue weighted by Crippen LogP contribution is 2.39. The number of furan rings is 1. The Labute approximate surface area is 179 Å². The fourth-order valence-electron chi connectivity index (χ4n) is 3.76. The highest BCUT2D eigenvalue weighted by molar-refractivity contribution is 7.99. The summed E-state index contributed by atoms with van der Waals surface area (Å²) in [6.07, 6.45) is 3.45. The van der Waals surface area contributed by atoms with E-state index in [2.05, 4.69) is 10.2 Å². The van der Waals surface area contributed by atoms with Gasteiger partial charge in [-0.25, -0.2) is 0 Å². The molecule has 0 aliphatic carbocycles. The molecule has 1 aliphatic heterocycles. The number of rotatable bonds is 7. The van der Waals surface area contributed by atoms with Crippen molar-refractivity contribution < 1.29 is 18.7 Å². The van der Waals surface area contributed by atoms with Crippen LogP contribution in [-0.2, 0) is 11.8 Å². The van der Waals surface area contributed by atoms with Crippen molar-refractivity contribution in [2.75, 3.05) is 26.5 Å². The lowest BCUT2D eigenvalue weighted by Gasteiger charge is -2.26. The van der Waals surface area contributed by atoms with E-state index in [4.69, 9.17) is 13.9 Å². The molecule has 3 aromatic rings. The quantitative estimate of drug-likeness (QED) is 0.532. The summed E-state index contributed by atoms with van der Waals surface area (Å²) < 4.78 is 18.1. The molecule has 0 spiro atoms. The molecule has 8 nitrogen and oxygen atoms in total. The lowest BCUT2D eigenvalue weighted by molar-refractivity contribution is -0.129. The van der Waals surface area contributed by atoms with Crippen LogP contribution in [-0.4, -0.2) is 52.1 Å². The van der Waals surface area contributed by atoms with Gasteiger partial charge in [0, 0.05) is 19.2 Å². The fraction of sp³-hybridized carbons (Fsp3) is 0.381. The average Bonchev–Trinajstić information content (AvgIpc) is 3.52. The van der Waals surface area contributed by atoms with Gasteiger partial charge in [0.05, 0.1) is 32.3 Å². The van der Waals surface area contributed by atoms with Gasteiger partial charge in [-0.2, -0.15) is 0 Å². The summed E-state index contributed by atoms with van der Waals surface area (Å²) >= 11 is 1.38. The van der Waals surface area contributed by atoms with E-state index < -0.39 is 0 Å². The van der Waals surface area contributed by atoms with Crippen molar-refractivity contribution in [2.45, 2.75) is 24.0 Å². The zero-order chi connectivity index (χ0) is 21.1. The molecule has 1 amide bonds. The van der Waals surface area contributed by atoms with Crippen molar-refractivity contribution in [3.8, 4) is 23.1 Å². The number of ether oxygens (including phenoxy) is 2. The molecule has 30 heavy (non-hydrogen) atoms. The van der Waals surface area contributed by atoms with E-state index in [0.29, 0.717) is 16.7 Å². The number of methoxy groups -OCH3 is 2. The van der Waals surface area contributed by atoms with Crippen LogP contribution in [0.2, 0.25) is 0 Å². The Morgan fingerprint density at radius 1 is 1.27 bits per heavy atom. The van der Waals surface area contributed by atoms with Crippen LogP contribution < -0.4 is 9.47 Å². The lowest BCUT2D eigenvalue weighted by atomic mass is 10.0. The molecule has 1 saturated heterocycles. The summed E-state index contributed by atoms with van der Waals surface area (Å²) in [5.41, 5.74) is 0.978. The van der Waals surface area contributed by atoms with Gasteiger partial charge in [0.1, 0.15) is 11.5 Å². The first-order chi connectivity index (χ1) is 14.6. The second-order valence-electron chi connectivity index (χ2n) is 6.98. The zero-order valence-electron chi connectivity index (χ0n) is 17.2. The fourth-order valence-corrected chi connectivity index (χ4v) is 4.56. The first-order valence-electron chi connectivity index (χ1n) is 9.70. The second-order valence-corrected chi connectivity index (χ2v) is 7.93. The molecule has 1 atom stereocenters. The molecule has 0 radical (unpaired) electrons. The number of benzene rings is 1. The summed E-state index contributed by atoms with van der Waals surface area (Å²) in [4.78, 5) is 15.0. The first-order valence-corrected chi connectivity index (χ1v) is 10.7. The Kier molecular flexibility index (Phi) is 5.98. The van der Waals surface area contributed by atoms with Gasteiger partial charge in [-0.3, -0.25) is 4.79 Å². The molecular weight excluding hydrogens is 404 g/mol. The number of hydrogen-bond donors (Lipinski definition) is 0. The van der Waals surface area contributed by atoms with Crippen LogP contribution in [0, 0.1) is 0 Å². The third-order valence-electron chi connectivity index (χ3n) is 5.27. The van der Waals surface area contributed by atoms with Crippen LogP contribution in [0.25, 0.3) is 11.6 Å². The van der Waals surface area contributed by atoms with Gasteiger partial charge >= 0.3 is 0 Å². The Morgan fingerprint density at radius 2 is 2.13 bits per heavy atom. The summed E-state index contributed by atoms with van der Waals surface area (Å²) in [7, 11) is 5.15. The molecule has 1 aliphatic rings. The summed E-state index contributed by atoms with van der Waals surface area (Å²) in [5, 5.41) is 9.06. The molecule has 0 N–H and O–H groups in total. The van der Waals surface area contributed by atoms with Gasteiger partial charge in [-0.05, 0) is 43.2 Å². The third kappa shape index (κ3) is 3.89. The van der Waals surface area contributed by atoms with Crippen LogP contribution in [0.5, 0.6) is 11.5 Å². The van der Waals surface area contributed by atoms with E-state index in [0.717, 1.165) is 36.4 Å². The number of likely N-dealkylation sites (tertiary alicyclic amines) is 1. The maximum atomic E-state index is 13.1.